The van der Waals surface area contributed by atoms with Gasteiger partial charge in [0, 0.05) is 13.6 Å². The average Bonchev–Trinajstić information content (AvgIpc) is 2.24. The van der Waals surface area contributed by atoms with Crippen LogP contribution in [0.1, 0.15) is 13.3 Å². The predicted molar refractivity (Wildman–Crippen MR) is 46.0 cm³/mol. The molecule has 0 saturated carbocycles. The van der Waals surface area contributed by atoms with E-state index in [4.69, 9.17) is 5.11 Å². The molecule has 0 aromatic rings. The van der Waals surface area contributed by atoms with Crippen LogP contribution in [0.15, 0.2) is 0 Å². The molecule has 5 nitrogen and oxygen atoms in total. The van der Waals surface area contributed by atoms with E-state index in [9.17, 15) is 9.59 Å². The summed E-state index contributed by atoms with van der Waals surface area (Å²) in [6, 6.07) is -0.273. The third-order valence-corrected chi connectivity index (χ3v) is 2.00. The van der Waals surface area contributed by atoms with Gasteiger partial charge in [0.1, 0.15) is 6.54 Å². The molecule has 0 radical (unpaired) electrons. The fraction of sp³-hybridized carbons (Fsp3) is 0.750. The van der Waals surface area contributed by atoms with Crippen LogP contribution < -0.4 is 0 Å². The Balaban J connectivity index is 2.49. The number of amides is 3. The van der Waals surface area contributed by atoms with Gasteiger partial charge in [-0.2, -0.15) is 0 Å². The van der Waals surface area contributed by atoms with Crippen molar-refractivity contribution in [2.24, 2.45) is 0 Å². The minimum Gasteiger partial charge on any atom is -0.393 e. The quantitative estimate of drug-likeness (QED) is 0.613. The summed E-state index contributed by atoms with van der Waals surface area (Å²) in [6.45, 7) is 2.09. The molecule has 1 atom stereocenters. The van der Waals surface area contributed by atoms with Gasteiger partial charge in [0.25, 0.3) is 0 Å². The van der Waals surface area contributed by atoms with Gasteiger partial charge in [-0.3, -0.25) is 9.69 Å². The molecule has 1 aliphatic heterocycles. The molecular weight excluding hydrogens is 172 g/mol. The SMILES string of the molecule is CC(O)CCN1C(=O)CN(C)C1=O. The molecule has 0 aliphatic carbocycles. The van der Waals surface area contributed by atoms with Crippen molar-refractivity contribution in [1.29, 1.82) is 0 Å². The highest BCUT2D eigenvalue weighted by molar-refractivity contribution is 6.01. The molecule has 0 spiro atoms. The first-order valence-electron chi connectivity index (χ1n) is 4.26. The summed E-state index contributed by atoms with van der Waals surface area (Å²) < 4.78 is 0. The van der Waals surface area contributed by atoms with Crippen LogP contribution in [0.5, 0.6) is 0 Å². The molecule has 0 bridgehead atoms. The van der Waals surface area contributed by atoms with Crippen LogP contribution in [0.25, 0.3) is 0 Å². The van der Waals surface area contributed by atoms with Crippen LogP contribution in [0, 0.1) is 0 Å². The Labute approximate surface area is 76.9 Å². The van der Waals surface area contributed by atoms with Crippen LogP contribution in [-0.2, 0) is 4.79 Å². The number of aliphatic hydroxyl groups is 1. The van der Waals surface area contributed by atoms with Gasteiger partial charge in [0.2, 0.25) is 5.91 Å². The van der Waals surface area contributed by atoms with Crippen molar-refractivity contribution in [2.45, 2.75) is 19.4 Å². The van der Waals surface area contributed by atoms with Crippen LogP contribution in [0.2, 0.25) is 0 Å². The largest absolute Gasteiger partial charge is 0.393 e. The Bertz CT molecular complexity index is 227. The summed E-state index contributed by atoms with van der Waals surface area (Å²) in [5, 5.41) is 8.99. The van der Waals surface area contributed by atoms with E-state index in [1.54, 1.807) is 14.0 Å². The summed E-state index contributed by atoms with van der Waals surface area (Å²) in [4.78, 5) is 25.0. The number of rotatable bonds is 3. The van der Waals surface area contributed by atoms with E-state index in [-0.39, 0.29) is 18.5 Å². The number of hydrogen-bond donors (Lipinski definition) is 1. The summed E-state index contributed by atoms with van der Waals surface area (Å²) >= 11 is 0. The maximum Gasteiger partial charge on any atom is 0.326 e. The van der Waals surface area contributed by atoms with E-state index >= 15 is 0 Å². The second-order valence-corrected chi connectivity index (χ2v) is 3.32. The second kappa shape index (κ2) is 3.74. The third kappa shape index (κ3) is 2.18. The highest BCUT2D eigenvalue weighted by Crippen LogP contribution is 2.08. The van der Waals surface area contributed by atoms with Crippen molar-refractivity contribution in [3.8, 4) is 0 Å². The van der Waals surface area contributed by atoms with E-state index in [0.717, 1.165) is 0 Å². The monoisotopic (exact) mass is 186 g/mol. The molecule has 5 heteroatoms. The molecule has 1 unspecified atom stereocenters. The number of likely N-dealkylation sites (N-methyl/N-ethyl adjacent to an activating group) is 1. The Morgan fingerprint density at radius 2 is 2.15 bits per heavy atom. The van der Waals surface area contributed by atoms with Gasteiger partial charge in [0.05, 0.1) is 6.10 Å². The number of aliphatic hydroxyl groups excluding tert-OH is 1. The number of carbonyl (C=O) groups is 2. The van der Waals surface area contributed by atoms with Crippen molar-refractivity contribution >= 4 is 11.9 Å². The maximum atomic E-state index is 11.3. The number of hydrogen-bond acceptors (Lipinski definition) is 3. The molecule has 1 N–H and O–H groups in total. The lowest BCUT2D eigenvalue weighted by atomic mass is 10.3. The van der Waals surface area contributed by atoms with Crippen LogP contribution in [0.3, 0.4) is 0 Å². The van der Waals surface area contributed by atoms with Gasteiger partial charge in [0.15, 0.2) is 0 Å². The third-order valence-electron chi connectivity index (χ3n) is 2.00. The standard InChI is InChI=1S/C8H14N2O3/c1-6(11)3-4-10-7(12)5-9(2)8(10)13/h6,11H,3-5H2,1-2H3. The zero-order valence-electron chi connectivity index (χ0n) is 7.86. The molecule has 13 heavy (non-hydrogen) atoms. The first-order chi connectivity index (χ1) is 6.02. The number of imide groups is 1. The van der Waals surface area contributed by atoms with E-state index in [1.807, 2.05) is 0 Å². The normalized spacial score (nSPS) is 19.9. The van der Waals surface area contributed by atoms with Gasteiger partial charge < -0.3 is 10.0 Å². The van der Waals surface area contributed by atoms with Gasteiger partial charge >= 0.3 is 6.03 Å². The molecule has 0 aromatic carbocycles. The van der Waals surface area contributed by atoms with E-state index < -0.39 is 6.10 Å². The van der Waals surface area contributed by atoms with E-state index in [0.29, 0.717) is 13.0 Å². The predicted octanol–water partition coefficient (Wildman–Crippen LogP) is -0.349. The Morgan fingerprint density at radius 1 is 1.54 bits per heavy atom. The van der Waals surface area contributed by atoms with Crippen molar-refractivity contribution in [2.75, 3.05) is 20.1 Å². The Kier molecular flexibility index (Phi) is 2.87. The summed E-state index contributed by atoms with van der Waals surface area (Å²) in [7, 11) is 1.59. The van der Waals surface area contributed by atoms with Gasteiger partial charge in [-0.05, 0) is 13.3 Å². The maximum absolute atomic E-state index is 11.3. The zero-order valence-corrected chi connectivity index (χ0v) is 7.86. The number of urea groups is 1. The average molecular weight is 186 g/mol. The molecule has 1 rings (SSSR count). The highest BCUT2D eigenvalue weighted by Gasteiger charge is 2.32. The number of carbonyl (C=O) groups excluding carboxylic acids is 2. The zero-order chi connectivity index (χ0) is 10.0. The molecular formula is C8H14N2O3. The molecule has 1 heterocycles. The van der Waals surface area contributed by atoms with Crippen LogP contribution >= 0.6 is 0 Å². The summed E-state index contributed by atoms with van der Waals surface area (Å²) in [6.07, 6.45) is -0.0443. The first-order valence-corrected chi connectivity index (χ1v) is 4.26. The fourth-order valence-corrected chi connectivity index (χ4v) is 1.20. The van der Waals surface area contributed by atoms with Crippen LogP contribution in [-0.4, -0.2) is 53.1 Å². The molecule has 1 aliphatic rings. The fourth-order valence-electron chi connectivity index (χ4n) is 1.20. The van der Waals surface area contributed by atoms with Gasteiger partial charge in [-0.1, -0.05) is 0 Å². The van der Waals surface area contributed by atoms with Crippen molar-refractivity contribution in [3.63, 3.8) is 0 Å². The molecule has 1 saturated heterocycles. The molecule has 74 valence electrons. The summed E-state index contributed by atoms with van der Waals surface area (Å²) in [5.74, 6) is -0.187. The van der Waals surface area contributed by atoms with E-state index in [2.05, 4.69) is 0 Å². The van der Waals surface area contributed by atoms with E-state index in [1.165, 1.54) is 9.80 Å². The van der Waals surface area contributed by atoms with Crippen molar-refractivity contribution in [1.82, 2.24) is 9.80 Å². The lowest BCUT2D eigenvalue weighted by molar-refractivity contribution is -0.125. The summed E-state index contributed by atoms with van der Waals surface area (Å²) in [5.41, 5.74) is 0. The first kappa shape index (κ1) is 9.98. The minimum absolute atomic E-state index is 0.151. The molecule has 0 aromatic heterocycles. The lowest BCUT2D eigenvalue weighted by Crippen LogP contribution is -2.33. The lowest BCUT2D eigenvalue weighted by Gasteiger charge is -2.14. The van der Waals surface area contributed by atoms with Gasteiger partial charge in [-0.15, -0.1) is 0 Å². The Hall–Kier alpha value is -1.10. The molecule has 3 amide bonds. The Morgan fingerprint density at radius 3 is 2.54 bits per heavy atom. The topological polar surface area (TPSA) is 60.9 Å². The second-order valence-electron chi connectivity index (χ2n) is 3.32. The number of nitrogens with zero attached hydrogens (tertiary/aromatic N) is 2. The van der Waals surface area contributed by atoms with Crippen LogP contribution in [0.4, 0.5) is 4.79 Å². The van der Waals surface area contributed by atoms with Crippen molar-refractivity contribution < 1.29 is 14.7 Å². The minimum atomic E-state index is -0.480. The van der Waals surface area contributed by atoms with Crippen molar-refractivity contribution in [3.05, 3.63) is 0 Å². The molecule has 1 fully saturated rings. The smallest absolute Gasteiger partial charge is 0.326 e. The highest BCUT2D eigenvalue weighted by atomic mass is 16.3. The van der Waals surface area contributed by atoms with Gasteiger partial charge in [-0.25, -0.2) is 4.79 Å².